The summed E-state index contributed by atoms with van der Waals surface area (Å²) in [7, 11) is 0. The average Bonchev–Trinajstić information content (AvgIpc) is 2.34. The van der Waals surface area contributed by atoms with E-state index in [2.05, 4.69) is 44.3 Å². The molecule has 96 valence electrons. The Bertz CT molecular complexity index is 330. The van der Waals surface area contributed by atoms with Gasteiger partial charge >= 0.3 is 0 Å². The minimum atomic E-state index is 0.620. The fourth-order valence-corrected chi connectivity index (χ4v) is 1.89. The first-order chi connectivity index (χ1) is 8.17. The summed E-state index contributed by atoms with van der Waals surface area (Å²) in [6.07, 6.45) is 2.26. The van der Waals surface area contributed by atoms with Gasteiger partial charge in [0.15, 0.2) is 0 Å². The number of benzene rings is 1. The third-order valence-electron chi connectivity index (χ3n) is 3.51. The molecule has 0 amide bonds. The molecule has 0 heterocycles. The van der Waals surface area contributed by atoms with Crippen LogP contribution in [0.3, 0.4) is 0 Å². The largest absolute Gasteiger partial charge is 0.330 e. The highest BCUT2D eigenvalue weighted by Gasteiger charge is 2.02. The Labute approximate surface area is 106 Å². The molecular formula is C15H26N2. The van der Waals surface area contributed by atoms with Crippen LogP contribution in [0.4, 0.5) is 0 Å². The smallest absolute Gasteiger partial charge is 0.000823 e. The van der Waals surface area contributed by atoms with E-state index >= 15 is 0 Å². The maximum Gasteiger partial charge on any atom is -0.000823 e. The van der Waals surface area contributed by atoms with Crippen LogP contribution < -0.4 is 11.1 Å². The van der Waals surface area contributed by atoms with E-state index in [-0.39, 0.29) is 0 Å². The van der Waals surface area contributed by atoms with Gasteiger partial charge < -0.3 is 11.1 Å². The third kappa shape index (κ3) is 4.88. The van der Waals surface area contributed by atoms with Crippen LogP contribution in [-0.2, 0) is 6.42 Å². The van der Waals surface area contributed by atoms with Crippen LogP contribution in [0.1, 0.15) is 30.0 Å². The molecule has 1 aromatic rings. The summed E-state index contributed by atoms with van der Waals surface area (Å²) < 4.78 is 0. The average molecular weight is 234 g/mol. The van der Waals surface area contributed by atoms with Gasteiger partial charge in [-0.1, -0.05) is 31.5 Å². The zero-order valence-corrected chi connectivity index (χ0v) is 11.4. The van der Waals surface area contributed by atoms with Crippen molar-refractivity contribution in [2.75, 3.05) is 19.6 Å². The molecule has 0 aromatic heterocycles. The van der Waals surface area contributed by atoms with Gasteiger partial charge in [-0.2, -0.15) is 0 Å². The summed E-state index contributed by atoms with van der Waals surface area (Å²) in [6, 6.07) is 6.72. The van der Waals surface area contributed by atoms with E-state index < -0.39 is 0 Å². The van der Waals surface area contributed by atoms with Crippen molar-refractivity contribution < 1.29 is 0 Å². The second kappa shape index (κ2) is 7.46. The van der Waals surface area contributed by atoms with Crippen molar-refractivity contribution in [2.24, 2.45) is 11.7 Å². The van der Waals surface area contributed by atoms with E-state index in [1.54, 1.807) is 0 Å². The summed E-state index contributed by atoms with van der Waals surface area (Å²) in [5.74, 6) is 0.620. The molecule has 17 heavy (non-hydrogen) atoms. The standard InChI is InChI=1S/C15H26N2/c1-4-14(10-16)11-17-8-7-15-6-5-12(2)13(3)9-15/h5-6,9,14,17H,4,7-8,10-11,16H2,1-3H3. The Kier molecular flexibility index (Phi) is 6.23. The first kappa shape index (κ1) is 14.2. The van der Waals surface area contributed by atoms with Crippen LogP contribution in [0.2, 0.25) is 0 Å². The van der Waals surface area contributed by atoms with Crippen molar-refractivity contribution in [3.05, 3.63) is 34.9 Å². The second-order valence-corrected chi connectivity index (χ2v) is 4.88. The third-order valence-corrected chi connectivity index (χ3v) is 3.51. The topological polar surface area (TPSA) is 38.0 Å². The number of hydrogen-bond donors (Lipinski definition) is 2. The van der Waals surface area contributed by atoms with Crippen LogP contribution in [0.5, 0.6) is 0 Å². The van der Waals surface area contributed by atoms with Crippen molar-refractivity contribution in [1.29, 1.82) is 0 Å². The second-order valence-electron chi connectivity index (χ2n) is 4.88. The van der Waals surface area contributed by atoms with Gasteiger partial charge in [-0.3, -0.25) is 0 Å². The first-order valence-corrected chi connectivity index (χ1v) is 6.64. The SMILES string of the molecule is CCC(CN)CNCCc1ccc(C)c(C)c1. The number of nitrogens with two attached hydrogens (primary N) is 1. The Morgan fingerprint density at radius 1 is 1.24 bits per heavy atom. The molecule has 0 aliphatic heterocycles. The lowest BCUT2D eigenvalue weighted by atomic mass is 10.0. The maximum absolute atomic E-state index is 5.67. The first-order valence-electron chi connectivity index (χ1n) is 6.64. The lowest BCUT2D eigenvalue weighted by Gasteiger charge is -2.13. The number of aryl methyl sites for hydroxylation is 2. The highest BCUT2D eigenvalue weighted by Crippen LogP contribution is 2.09. The van der Waals surface area contributed by atoms with Crippen molar-refractivity contribution in [2.45, 2.75) is 33.6 Å². The highest BCUT2D eigenvalue weighted by molar-refractivity contribution is 5.29. The van der Waals surface area contributed by atoms with Crippen LogP contribution in [0.15, 0.2) is 18.2 Å². The van der Waals surface area contributed by atoms with Gasteiger partial charge in [-0.05, 0) is 62.5 Å². The fraction of sp³-hybridized carbons (Fsp3) is 0.600. The molecule has 0 bridgehead atoms. The molecule has 0 aliphatic carbocycles. The van der Waals surface area contributed by atoms with Gasteiger partial charge in [0.05, 0.1) is 0 Å². The summed E-state index contributed by atoms with van der Waals surface area (Å²) in [6.45, 7) is 9.39. The van der Waals surface area contributed by atoms with E-state index in [0.717, 1.165) is 32.5 Å². The van der Waals surface area contributed by atoms with Crippen LogP contribution in [0.25, 0.3) is 0 Å². The molecule has 0 saturated carbocycles. The predicted molar refractivity (Wildman–Crippen MR) is 75.3 cm³/mol. The van der Waals surface area contributed by atoms with E-state index in [0.29, 0.717) is 5.92 Å². The van der Waals surface area contributed by atoms with Gasteiger partial charge in [-0.15, -0.1) is 0 Å². The molecule has 2 heteroatoms. The lowest BCUT2D eigenvalue weighted by molar-refractivity contribution is 0.474. The minimum Gasteiger partial charge on any atom is -0.330 e. The van der Waals surface area contributed by atoms with Crippen molar-refractivity contribution in [1.82, 2.24) is 5.32 Å². The quantitative estimate of drug-likeness (QED) is 0.711. The van der Waals surface area contributed by atoms with Crippen molar-refractivity contribution in [3.8, 4) is 0 Å². The number of hydrogen-bond acceptors (Lipinski definition) is 2. The van der Waals surface area contributed by atoms with Crippen LogP contribution in [0, 0.1) is 19.8 Å². The monoisotopic (exact) mass is 234 g/mol. The molecule has 3 N–H and O–H groups in total. The Morgan fingerprint density at radius 2 is 2.00 bits per heavy atom. The van der Waals surface area contributed by atoms with E-state index in [4.69, 9.17) is 5.73 Å². The van der Waals surface area contributed by atoms with Gasteiger partial charge in [0.1, 0.15) is 0 Å². The zero-order valence-electron chi connectivity index (χ0n) is 11.4. The van der Waals surface area contributed by atoms with Gasteiger partial charge in [-0.25, -0.2) is 0 Å². The molecule has 1 unspecified atom stereocenters. The number of nitrogens with one attached hydrogen (secondary N) is 1. The minimum absolute atomic E-state index is 0.620. The molecular weight excluding hydrogens is 208 g/mol. The van der Waals surface area contributed by atoms with E-state index in [1.807, 2.05) is 0 Å². The molecule has 0 saturated heterocycles. The normalized spacial score (nSPS) is 12.7. The highest BCUT2D eigenvalue weighted by atomic mass is 14.9. The Hall–Kier alpha value is -0.860. The molecule has 0 spiro atoms. The molecule has 0 radical (unpaired) electrons. The van der Waals surface area contributed by atoms with Gasteiger partial charge in [0.25, 0.3) is 0 Å². The van der Waals surface area contributed by atoms with Crippen molar-refractivity contribution >= 4 is 0 Å². The Morgan fingerprint density at radius 3 is 2.59 bits per heavy atom. The summed E-state index contributed by atoms with van der Waals surface area (Å²) in [4.78, 5) is 0. The lowest BCUT2D eigenvalue weighted by Crippen LogP contribution is -2.29. The molecule has 0 fully saturated rings. The molecule has 1 aromatic carbocycles. The summed E-state index contributed by atoms with van der Waals surface area (Å²) in [5.41, 5.74) is 9.85. The zero-order chi connectivity index (χ0) is 12.7. The van der Waals surface area contributed by atoms with Crippen molar-refractivity contribution in [3.63, 3.8) is 0 Å². The van der Waals surface area contributed by atoms with E-state index in [9.17, 15) is 0 Å². The van der Waals surface area contributed by atoms with Crippen LogP contribution >= 0.6 is 0 Å². The van der Waals surface area contributed by atoms with Crippen LogP contribution in [-0.4, -0.2) is 19.6 Å². The summed E-state index contributed by atoms with van der Waals surface area (Å²) >= 11 is 0. The predicted octanol–water partition coefficient (Wildman–Crippen LogP) is 2.42. The van der Waals surface area contributed by atoms with E-state index in [1.165, 1.54) is 16.7 Å². The maximum atomic E-state index is 5.67. The molecule has 1 rings (SSSR count). The molecule has 1 atom stereocenters. The fourth-order valence-electron chi connectivity index (χ4n) is 1.89. The van der Waals surface area contributed by atoms with Gasteiger partial charge in [0.2, 0.25) is 0 Å². The molecule has 2 nitrogen and oxygen atoms in total. The summed E-state index contributed by atoms with van der Waals surface area (Å²) in [5, 5.41) is 3.49. The van der Waals surface area contributed by atoms with Gasteiger partial charge in [0, 0.05) is 0 Å². The number of rotatable bonds is 7. The Balaban J connectivity index is 2.28. The molecule has 0 aliphatic rings.